The number of fused-ring (bicyclic) bond motifs is 6. The van der Waals surface area contributed by atoms with Gasteiger partial charge in [0, 0.05) is 34.1 Å². The van der Waals surface area contributed by atoms with Crippen molar-refractivity contribution in [3.05, 3.63) is 176 Å². The Hall–Kier alpha value is -5.65. The van der Waals surface area contributed by atoms with Crippen molar-refractivity contribution in [2.24, 2.45) is 0 Å². The quantitative estimate of drug-likeness (QED) is 0.238. The maximum Gasteiger partial charge on any atom is 0.252 e. The maximum absolute atomic E-state index is 16.2. The zero-order valence-electron chi connectivity index (χ0n) is 25.5. The first-order valence-corrected chi connectivity index (χ1v) is 18.2. The van der Waals surface area contributed by atoms with Crippen LogP contribution in [0.2, 0.25) is 0 Å². The molecule has 220 valence electrons. The van der Waals surface area contributed by atoms with Gasteiger partial charge in [-0.15, -0.1) is 0 Å². The lowest BCUT2D eigenvalue weighted by Gasteiger charge is -2.50. The van der Waals surface area contributed by atoms with Crippen molar-refractivity contribution in [3.63, 3.8) is 0 Å². The molecule has 0 N–H and O–H groups in total. The fourth-order valence-corrected chi connectivity index (χ4v) is 13.8. The highest BCUT2D eigenvalue weighted by atomic mass is 28.3. The summed E-state index contributed by atoms with van der Waals surface area (Å²) in [6, 6.07) is 60.4. The van der Waals surface area contributed by atoms with Crippen LogP contribution in [-0.4, -0.2) is 14.8 Å². The summed E-state index contributed by atoms with van der Waals surface area (Å²) in [4.78, 5) is 4.62. The molecule has 10 rings (SSSR count). The SMILES string of the molecule is Fc1cc2c3c(c1)N1c4ccccc4[Si](c4ccccc4)(c4ccccc4)c4cccc(c41)B3c1ccccc1N2c1ccccc1. The van der Waals surface area contributed by atoms with Crippen LogP contribution < -0.4 is 46.9 Å². The predicted molar refractivity (Wildman–Crippen MR) is 198 cm³/mol. The second kappa shape index (κ2) is 9.92. The highest BCUT2D eigenvalue weighted by Gasteiger charge is 2.53. The van der Waals surface area contributed by atoms with Gasteiger partial charge >= 0.3 is 0 Å². The number of rotatable bonds is 3. The first-order valence-electron chi connectivity index (χ1n) is 16.2. The van der Waals surface area contributed by atoms with Gasteiger partial charge in [0.05, 0.1) is 0 Å². The summed E-state index contributed by atoms with van der Waals surface area (Å²) in [5, 5.41) is 5.34. The Morgan fingerprint density at radius 2 is 0.979 bits per heavy atom. The minimum Gasteiger partial charge on any atom is -0.311 e. The minimum absolute atomic E-state index is 0.0496. The van der Waals surface area contributed by atoms with Crippen LogP contribution in [0.4, 0.5) is 38.5 Å². The Labute approximate surface area is 275 Å². The van der Waals surface area contributed by atoms with Crippen LogP contribution in [0.1, 0.15) is 0 Å². The molecular formula is C42H28BFN2Si. The van der Waals surface area contributed by atoms with Crippen molar-refractivity contribution in [2.45, 2.75) is 0 Å². The third-order valence-electron chi connectivity index (χ3n) is 10.3. The molecule has 3 aliphatic rings. The lowest BCUT2D eigenvalue weighted by atomic mass is 9.33. The Kier molecular flexibility index (Phi) is 5.61. The molecule has 0 aromatic heterocycles. The van der Waals surface area contributed by atoms with Gasteiger partial charge in [-0.1, -0.05) is 133 Å². The molecule has 0 radical (unpaired) electrons. The summed E-state index contributed by atoms with van der Waals surface area (Å²) in [7, 11) is -2.81. The van der Waals surface area contributed by atoms with E-state index in [-0.39, 0.29) is 12.5 Å². The zero-order chi connectivity index (χ0) is 31.1. The molecule has 0 aliphatic carbocycles. The van der Waals surface area contributed by atoms with Crippen molar-refractivity contribution in [1.29, 1.82) is 0 Å². The Morgan fingerprint density at radius 1 is 0.447 bits per heavy atom. The fraction of sp³-hybridized carbons (Fsp3) is 0. The number of nitrogens with zero attached hydrogens (tertiary/aromatic N) is 2. The number of hydrogen-bond donors (Lipinski definition) is 0. The van der Waals surface area contributed by atoms with Gasteiger partial charge in [0.1, 0.15) is 5.82 Å². The minimum atomic E-state index is -2.81. The van der Waals surface area contributed by atoms with Crippen molar-refractivity contribution in [3.8, 4) is 0 Å². The highest BCUT2D eigenvalue weighted by molar-refractivity contribution is 7.22. The number of anilines is 6. The van der Waals surface area contributed by atoms with Crippen LogP contribution >= 0.6 is 0 Å². The topological polar surface area (TPSA) is 6.48 Å². The van der Waals surface area contributed by atoms with E-state index in [1.165, 1.54) is 37.4 Å². The lowest BCUT2D eigenvalue weighted by molar-refractivity contribution is 0.628. The van der Waals surface area contributed by atoms with Crippen LogP contribution in [-0.2, 0) is 0 Å². The Morgan fingerprint density at radius 3 is 1.68 bits per heavy atom. The first-order chi connectivity index (χ1) is 23.3. The Bertz CT molecular complexity index is 2310. The average Bonchev–Trinajstić information content (AvgIpc) is 3.13. The molecule has 3 heterocycles. The molecule has 0 unspecified atom stereocenters. The monoisotopic (exact) mass is 618 g/mol. The molecule has 0 saturated heterocycles. The van der Waals surface area contributed by atoms with Gasteiger partial charge in [-0.05, 0) is 73.5 Å². The standard InChI is InChI=1S/C42H28BFN2Si/c44-29-27-37-41-38(28-29)46-36-24-12-13-25-39(36)47(31-17-6-2-7-18-31,32-19-8-3-9-20-32)40-26-14-22-34(42(40)46)43(41)33-21-10-11-23-35(33)45(37)30-15-4-1-5-16-30/h1-28H. The smallest absolute Gasteiger partial charge is 0.252 e. The van der Waals surface area contributed by atoms with Gasteiger partial charge < -0.3 is 9.80 Å². The predicted octanol–water partition coefficient (Wildman–Crippen LogP) is 5.60. The van der Waals surface area contributed by atoms with Crippen molar-refractivity contribution >= 4 is 86.0 Å². The molecule has 7 aromatic carbocycles. The first kappa shape index (κ1) is 26.6. The molecule has 0 bridgehead atoms. The second-order valence-corrected chi connectivity index (χ2v) is 16.3. The number of hydrogen-bond acceptors (Lipinski definition) is 2. The summed E-state index contributed by atoms with van der Waals surface area (Å²) < 4.78 is 16.2. The zero-order valence-corrected chi connectivity index (χ0v) is 26.5. The molecule has 7 aromatic rings. The van der Waals surface area contributed by atoms with Gasteiger partial charge in [0.2, 0.25) is 0 Å². The van der Waals surface area contributed by atoms with E-state index in [4.69, 9.17) is 0 Å². The molecule has 47 heavy (non-hydrogen) atoms. The van der Waals surface area contributed by atoms with Gasteiger partial charge in [-0.2, -0.15) is 0 Å². The summed E-state index contributed by atoms with van der Waals surface area (Å²) in [5.41, 5.74) is 9.87. The summed E-state index contributed by atoms with van der Waals surface area (Å²) >= 11 is 0. The van der Waals surface area contributed by atoms with Crippen LogP contribution in [0.5, 0.6) is 0 Å². The molecule has 5 heteroatoms. The molecule has 0 saturated carbocycles. The van der Waals surface area contributed by atoms with E-state index in [1.807, 2.05) is 6.07 Å². The second-order valence-electron chi connectivity index (χ2n) is 12.6. The van der Waals surface area contributed by atoms with Gasteiger partial charge in [0.15, 0.2) is 8.07 Å². The summed E-state index contributed by atoms with van der Waals surface area (Å²) in [6.45, 7) is -0.0496. The molecule has 0 fully saturated rings. The summed E-state index contributed by atoms with van der Waals surface area (Å²) in [5.74, 6) is -0.239. The van der Waals surface area contributed by atoms with E-state index in [2.05, 4.69) is 161 Å². The van der Waals surface area contributed by atoms with E-state index in [1.54, 1.807) is 12.1 Å². The Balaban J connectivity index is 1.37. The molecule has 0 spiro atoms. The van der Waals surface area contributed by atoms with E-state index < -0.39 is 8.07 Å². The third kappa shape index (κ3) is 3.49. The van der Waals surface area contributed by atoms with Crippen molar-refractivity contribution in [1.82, 2.24) is 0 Å². The lowest BCUT2D eigenvalue weighted by Crippen LogP contribution is -2.79. The van der Waals surface area contributed by atoms with Gasteiger partial charge in [-0.3, -0.25) is 0 Å². The van der Waals surface area contributed by atoms with Crippen LogP contribution in [0.25, 0.3) is 0 Å². The molecule has 0 amide bonds. The van der Waals surface area contributed by atoms with Crippen LogP contribution in [0, 0.1) is 5.82 Å². The third-order valence-corrected chi connectivity index (χ3v) is 15.2. The summed E-state index contributed by atoms with van der Waals surface area (Å²) in [6.07, 6.45) is 0. The number of para-hydroxylation sites is 4. The molecule has 3 aliphatic heterocycles. The maximum atomic E-state index is 16.2. The van der Waals surface area contributed by atoms with Crippen molar-refractivity contribution in [2.75, 3.05) is 9.80 Å². The van der Waals surface area contributed by atoms with Crippen LogP contribution in [0.3, 0.4) is 0 Å². The molecular weight excluding hydrogens is 590 g/mol. The van der Waals surface area contributed by atoms with E-state index >= 15 is 4.39 Å². The van der Waals surface area contributed by atoms with Crippen molar-refractivity contribution < 1.29 is 4.39 Å². The fourth-order valence-electron chi connectivity index (χ4n) is 8.67. The van der Waals surface area contributed by atoms with Gasteiger partial charge in [-0.25, -0.2) is 4.39 Å². The van der Waals surface area contributed by atoms with Crippen LogP contribution in [0.15, 0.2) is 170 Å². The normalized spacial score (nSPS) is 14.5. The molecule has 2 nitrogen and oxygen atoms in total. The van der Waals surface area contributed by atoms with Gasteiger partial charge in [0.25, 0.3) is 6.71 Å². The highest BCUT2D eigenvalue weighted by Crippen LogP contribution is 2.45. The van der Waals surface area contributed by atoms with E-state index in [0.29, 0.717) is 0 Å². The number of halogens is 1. The number of benzene rings is 7. The van der Waals surface area contributed by atoms with E-state index in [0.717, 1.165) is 33.9 Å². The largest absolute Gasteiger partial charge is 0.311 e. The average molecular weight is 619 g/mol. The van der Waals surface area contributed by atoms with E-state index in [9.17, 15) is 0 Å². The molecule has 0 atom stereocenters.